The summed E-state index contributed by atoms with van der Waals surface area (Å²) in [5.74, 6) is 1.63. The lowest BCUT2D eigenvalue weighted by molar-refractivity contribution is -0.124. The van der Waals surface area contributed by atoms with E-state index in [1.807, 2.05) is 60.7 Å². The second-order valence-electron chi connectivity index (χ2n) is 7.27. The summed E-state index contributed by atoms with van der Waals surface area (Å²) >= 11 is 0. The highest BCUT2D eigenvalue weighted by Crippen LogP contribution is 2.28. The fourth-order valence-corrected chi connectivity index (χ4v) is 3.70. The Labute approximate surface area is 181 Å². The van der Waals surface area contributed by atoms with Crippen LogP contribution in [0.4, 0.5) is 5.69 Å². The summed E-state index contributed by atoms with van der Waals surface area (Å²) in [6.07, 6.45) is 0. The normalized spacial score (nSPS) is 16.2. The van der Waals surface area contributed by atoms with Crippen LogP contribution in [-0.2, 0) is 4.79 Å². The second-order valence-corrected chi connectivity index (χ2v) is 7.27. The number of hydrogen-bond donors (Lipinski definition) is 0. The maximum absolute atomic E-state index is 13.1. The van der Waals surface area contributed by atoms with Gasteiger partial charge in [0, 0.05) is 18.8 Å². The van der Waals surface area contributed by atoms with Gasteiger partial charge >= 0.3 is 0 Å². The molecule has 6 heteroatoms. The average Bonchev–Trinajstić information content (AvgIpc) is 2.82. The van der Waals surface area contributed by atoms with E-state index in [0.717, 1.165) is 11.4 Å². The number of amides is 2. The number of para-hydroxylation sites is 2. The van der Waals surface area contributed by atoms with Crippen molar-refractivity contribution in [2.75, 3.05) is 25.1 Å². The summed E-state index contributed by atoms with van der Waals surface area (Å²) in [6.45, 7) is 2.61. The van der Waals surface area contributed by atoms with Crippen LogP contribution in [0.5, 0.6) is 17.2 Å². The smallest absolute Gasteiger partial charge is 0.258 e. The largest absolute Gasteiger partial charge is 0.496 e. The van der Waals surface area contributed by atoms with E-state index in [4.69, 9.17) is 9.47 Å². The summed E-state index contributed by atoms with van der Waals surface area (Å²) in [4.78, 5) is 29.4. The maximum Gasteiger partial charge on any atom is 0.258 e. The van der Waals surface area contributed by atoms with Crippen molar-refractivity contribution in [1.82, 2.24) is 4.90 Å². The highest BCUT2D eigenvalue weighted by molar-refractivity contribution is 6.04. The van der Waals surface area contributed by atoms with Crippen molar-refractivity contribution < 1.29 is 19.1 Å². The Bertz CT molecular complexity index is 1070. The summed E-state index contributed by atoms with van der Waals surface area (Å²) in [6, 6.07) is 23.4. The van der Waals surface area contributed by atoms with Gasteiger partial charge in [-0.3, -0.25) is 9.59 Å². The average molecular weight is 416 g/mol. The van der Waals surface area contributed by atoms with Crippen LogP contribution < -0.4 is 14.4 Å². The van der Waals surface area contributed by atoms with Crippen molar-refractivity contribution in [1.29, 1.82) is 0 Å². The molecule has 1 unspecified atom stereocenters. The van der Waals surface area contributed by atoms with Crippen molar-refractivity contribution in [3.63, 3.8) is 0 Å². The van der Waals surface area contributed by atoms with E-state index in [0.29, 0.717) is 30.2 Å². The molecule has 0 saturated carbocycles. The first-order valence-electron chi connectivity index (χ1n) is 10.2. The first kappa shape index (κ1) is 20.5. The number of nitrogens with zero attached hydrogens (tertiary/aromatic N) is 2. The lowest BCUT2D eigenvalue weighted by Gasteiger charge is -2.39. The molecule has 1 saturated heterocycles. The summed E-state index contributed by atoms with van der Waals surface area (Å²) in [7, 11) is 1.53. The molecular formula is C25H24N2O4. The molecule has 0 aromatic heterocycles. The Hall–Kier alpha value is -3.80. The van der Waals surface area contributed by atoms with Gasteiger partial charge in [0.2, 0.25) is 5.91 Å². The van der Waals surface area contributed by atoms with E-state index >= 15 is 0 Å². The topological polar surface area (TPSA) is 59.1 Å². The number of benzene rings is 3. The van der Waals surface area contributed by atoms with Gasteiger partial charge in [-0.15, -0.1) is 0 Å². The summed E-state index contributed by atoms with van der Waals surface area (Å²) < 4.78 is 11.1. The molecule has 1 aliphatic heterocycles. The molecule has 0 bridgehead atoms. The van der Waals surface area contributed by atoms with Gasteiger partial charge in [-0.25, -0.2) is 0 Å². The van der Waals surface area contributed by atoms with Gasteiger partial charge in [-0.1, -0.05) is 30.3 Å². The van der Waals surface area contributed by atoms with Crippen LogP contribution in [0.25, 0.3) is 0 Å². The van der Waals surface area contributed by atoms with E-state index in [1.54, 1.807) is 34.9 Å². The minimum atomic E-state index is -0.577. The molecule has 3 aromatic carbocycles. The standard InChI is InChI=1S/C25H24N2O4/c1-18-24(28)27(17-16-26(18)25(29)22-10-6-7-11-23(22)30-2)19-12-14-21(15-13-19)31-20-8-4-3-5-9-20/h3-15,18H,16-17H2,1-2H3. The number of carbonyl (C=O) groups is 2. The molecule has 0 spiro atoms. The number of anilines is 1. The Morgan fingerprint density at radius 3 is 2.23 bits per heavy atom. The molecule has 1 atom stereocenters. The Kier molecular flexibility index (Phi) is 5.89. The zero-order valence-electron chi connectivity index (χ0n) is 17.5. The SMILES string of the molecule is COc1ccccc1C(=O)N1CCN(c2ccc(Oc3ccccc3)cc2)C(=O)C1C. The molecule has 4 rings (SSSR count). The van der Waals surface area contributed by atoms with Crippen LogP contribution in [-0.4, -0.2) is 43.0 Å². The van der Waals surface area contributed by atoms with E-state index in [9.17, 15) is 9.59 Å². The van der Waals surface area contributed by atoms with E-state index < -0.39 is 6.04 Å². The number of methoxy groups -OCH3 is 1. The molecule has 0 N–H and O–H groups in total. The van der Waals surface area contributed by atoms with Crippen LogP contribution in [0.15, 0.2) is 78.9 Å². The van der Waals surface area contributed by atoms with Crippen LogP contribution in [0.3, 0.4) is 0 Å². The third kappa shape index (κ3) is 4.23. The molecule has 158 valence electrons. The van der Waals surface area contributed by atoms with Gasteiger partial charge in [-0.05, 0) is 55.5 Å². The van der Waals surface area contributed by atoms with Crippen molar-refractivity contribution >= 4 is 17.5 Å². The van der Waals surface area contributed by atoms with Crippen LogP contribution >= 0.6 is 0 Å². The quantitative estimate of drug-likeness (QED) is 0.620. The minimum absolute atomic E-state index is 0.119. The van der Waals surface area contributed by atoms with E-state index in [2.05, 4.69) is 0 Å². The lowest BCUT2D eigenvalue weighted by atomic mass is 10.1. The Morgan fingerprint density at radius 2 is 1.52 bits per heavy atom. The third-order valence-electron chi connectivity index (χ3n) is 5.38. The molecule has 6 nitrogen and oxygen atoms in total. The number of piperazine rings is 1. The number of ether oxygens (including phenoxy) is 2. The van der Waals surface area contributed by atoms with Gasteiger partial charge in [-0.2, -0.15) is 0 Å². The highest BCUT2D eigenvalue weighted by atomic mass is 16.5. The Morgan fingerprint density at radius 1 is 0.871 bits per heavy atom. The zero-order valence-corrected chi connectivity index (χ0v) is 17.5. The number of carbonyl (C=O) groups excluding carboxylic acids is 2. The van der Waals surface area contributed by atoms with Gasteiger partial charge in [0.15, 0.2) is 0 Å². The van der Waals surface area contributed by atoms with Crippen molar-refractivity contribution in [2.24, 2.45) is 0 Å². The van der Waals surface area contributed by atoms with Gasteiger partial charge < -0.3 is 19.3 Å². The first-order valence-corrected chi connectivity index (χ1v) is 10.2. The lowest BCUT2D eigenvalue weighted by Crippen LogP contribution is -2.57. The monoisotopic (exact) mass is 416 g/mol. The molecular weight excluding hydrogens is 392 g/mol. The number of rotatable bonds is 5. The van der Waals surface area contributed by atoms with Crippen LogP contribution in [0.2, 0.25) is 0 Å². The van der Waals surface area contributed by atoms with Crippen LogP contribution in [0, 0.1) is 0 Å². The zero-order chi connectivity index (χ0) is 21.8. The molecule has 31 heavy (non-hydrogen) atoms. The van der Waals surface area contributed by atoms with Crippen LogP contribution in [0.1, 0.15) is 17.3 Å². The predicted octanol–water partition coefficient (Wildman–Crippen LogP) is 4.37. The second kappa shape index (κ2) is 8.92. The maximum atomic E-state index is 13.1. The summed E-state index contributed by atoms with van der Waals surface area (Å²) in [5.41, 5.74) is 1.24. The minimum Gasteiger partial charge on any atom is -0.496 e. The van der Waals surface area contributed by atoms with E-state index in [1.165, 1.54) is 7.11 Å². The highest BCUT2D eigenvalue weighted by Gasteiger charge is 2.36. The Balaban J connectivity index is 1.47. The van der Waals surface area contributed by atoms with Crippen molar-refractivity contribution in [3.05, 3.63) is 84.4 Å². The molecule has 1 fully saturated rings. The van der Waals surface area contributed by atoms with Gasteiger partial charge in [0.05, 0.1) is 12.7 Å². The molecule has 0 aliphatic carbocycles. The van der Waals surface area contributed by atoms with E-state index in [-0.39, 0.29) is 11.8 Å². The fourth-order valence-electron chi connectivity index (χ4n) is 3.70. The predicted molar refractivity (Wildman–Crippen MR) is 119 cm³/mol. The third-order valence-corrected chi connectivity index (χ3v) is 5.38. The molecule has 0 radical (unpaired) electrons. The summed E-state index contributed by atoms with van der Waals surface area (Å²) in [5, 5.41) is 0. The van der Waals surface area contributed by atoms with Crippen molar-refractivity contribution in [2.45, 2.75) is 13.0 Å². The fraction of sp³-hybridized carbons (Fsp3) is 0.200. The number of hydrogen-bond acceptors (Lipinski definition) is 4. The molecule has 1 aliphatic rings. The molecule has 1 heterocycles. The van der Waals surface area contributed by atoms with Gasteiger partial charge in [0.25, 0.3) is 5.91 Å². The van der Waals surface area contributed by atoms with Crippen molar-refractivity contribution in [3.8, 4) is 17.2 Å². The molecule has 3 aromatic rings. The van der Waals surface area contributed by atoms with Gasteiger partial charge in [0.1, 0.15) is 23.3 Å². The first-order chi connectivity index (χ1) is 15.1. The molecule has 2 amide bonds.